The average Bonchev–Trinajstić information content (AvgIpc) is 2.70. The van der Waals surface area contributed by atoms with Gasteiger partial charge in [0.1, 0.15) is 5.75 Å². The van der Waals surface area contributed by atoms with Gasteiger partial charge >= 0.3 is 5.97 Å². The molecule has 0 radical (unpaired) electrons. The minimum absolute atomic E-state index is 0.327. The minimum Gasteiger partial charge on any atom is -0.496 e. The lowest BCUT2D eigenvalue weighted by molar-refractivity contribution is 0.0527. The first-order valence-corrected chi connectivity index (χ1v) is 7.60. The maximum absolute atomic E-state index is 12.2. The molecule has 0 aliphatic rings. The fraction of sp³-hybridized carbons (Fsp3) is 0.357. The second kappa shape index (κ2) is 6.10. The molecule has 0 spiro atoms. The van der Waals surface area contributed by atoms with Crippen LogP contribution >= 0.6 is 28.6 Å². The van der Waals surface area contributed by atoms with E-state index in [1.807, 2.05) is 23.7 Å². The van der Waals surface area contributed by atoms with Gasteiger partial charge in [-0.3, -0.25) is 0 Å². The van der Waals surface area contributed by atoms with Gasteiger partial charge in [-0.15, -0.1) is 0 Å². The van der Waals surface area contributed by atoms with Crippen molar-refractivity contribution < 1.29 is 14.3 Å². The fourth-order valence-corrected chi connectivity index (χ4v) is 3.13. The van der Waals surface area contributed by atoms with Gasteiger partial charge in [-0.2, -0.15) is 12.6 Å². The number of fused-ring (bicyclic) bond motifs is 1. The largest absolute Gasteiger partial charge is 0.496 e. The Balaban J connectivity index is 2.79. The third-order valence-corrected chi connectivity index (χ3v) is 4.14. The molecule has 6 heteroatoms. The molecular formula is C14H16BrNO3S. The van der Waals surface area contributed by atoms with E-state index >= 15 is 0 Å². The number of hydrogen-bond donors (Lipinski definition) is 1. The normalized spacial score (nSPS) is 10.8. The molecule has 20 heavy (non-hydrogen) atoms. The Kier molecular flexibility index (Phi) is 4.65. The van der Waals surface area contributed by atoms with Crippen molar-refractivity contribution in [1.29, 1.82) is 0 Å². The number of rotatable bonds is 4. The number of methoxy groups -OCH3 is 1. The minimum atomic E-state index is -0.327. The summed E-state index contributed by atoms with van der Waals surface area (Å²) in [6.07, 6.45) is 0. The first kappa shape index (κ1) is 15.3. The lowest BCUT2D eigenvalue weighted by Gasteiger charge is -2.05. The molecule has 4 nitrogen and oxygen atoms in total. The molecule has 0 fully saturated rings. The van der Waals surface area contributed by atoms with Crippen LogP contribution in [-0.2, 0) is 17.5 Å². The van der Waals surface area contributed by atoms with E-state index in [2.05, 4.69) is 28.6 Å². The molecule has 0 aliphatic carbocycles. The lowest BCUT2D eigenvalue weighted by Crippen LogP contribution is -2.07. The zero-order chi connectivity index (χ0) is 14.9. The van der Waals surface area contributed by atoms with Crippen LogP contribution in [0.2, 0.25) is 0 Å². The number of carbonyl (C=O) groups is 1. The fourth-order valence-electron chi connectivity index (χ4n) is 2.26. The summed E-state index contributed by atoms with van der Waals surface area (Å²) in [7, 11) is 3.51. The molecule has 108 valence electrons. The predicted octanol–water partition coefficient (Wildman–Crippen LogP) is 3.56. The summed E-state index contributed by atoms with van der Waals surface area (Å²) in [5.74, 6) is 0.810. The quantitative estimate of drug-likeness (QED) is 0.671. The number of esters is 1. The van der Waals surface area contributed by atoms with Crippen LogP contribution in [0.15, 0.2) is 16.6 Å². The van der Waals surface area contributed by atoms with Crippen molar-refractivity contribution in [1.82, 2.24) is 4.57 Å². The van der Waals surface area contributed by atoms with Gasteiger partial charge in [-0.05, 0) is 35.0 Å². The highest BCUT2D eigenvalue weighted by molar-refractivity contribution is 9.10. The number of thiol groups is 1. The number of nitrogens with zero attached hydrogens (tertiary/aromatic N) is 1. The SMILES string of the molecule is CCOC(=O)c1c(CS)n(C)c2cc(Br)c(OC)cc12. The average molecular weight is 358 g/mol. The number of aromatic nitrogens is 1. The highest BCUT2D eigenvalue weighted by Gasteiger charge is 2.22. The van der Waals surface area contributed by atoms with Crippen LogP contribution in [0.3, 0.4) is 0 Å². The number of ether oxygens (including phenoxy) is 2. The standard InChI is InChI=1S/C14H16BrNO3S/c1-4-19-14(17)13-8-5-12(18-3)9(15)6-10(8)16(2)11(13)7-20/h5-6,20H,4,7H2,1-3H3. The van der Waals surface area contributed by atoms with Crippen LogP contribution in [0.1, 0.15) is 23.0 Å². The zero-order valence-corrected chi connectivity index (χ0v) is 14.0. The summed E-state index contributed by atoms with van der Waals surface area (Å²) in [5.41, 5.74) is 2.33. The Morgan fingerprint density at radius 2 is 2.15 bits per heavy atom. The van der Waals surface area contributed by atoms with Crippen LogP contribution in [0, 0.1) is 0 Å². The smallest absolute Gasteiger partial charge is 0.340 e. The number of benzene rings is 1. The summed E-state index contributed by atoms with van der Waals surface area (Å²) in [6, 6.07) is 3.78. The monoisotopic (exact) mass is 357 g/mol. The maximum atomic E-state index is 12.2. The Morgan fingerprint density at radius 3 is 2.70 bits per heavy atom. The van der Waals surface area contributed by atoms with Crippen molar-refractivity contribution in [3.05, 3.63) is 27.9 Å². The van der Waals surface area contributed by atoms with E-state index in [1.54, 1.807) is 14.0 Å². The Labute approximate surface area is 131 Å². The zero-order valence-electron chi connectivity index (χ0n) is 11.6. The maximum Gasteiger partial charge on any atom is 0.340 e. The van der Waals surface area contributed by atoms with E-state index in [0.29, 0.717) is 23.7 Å². The van der Waals surface area contributed by atoms with Gasteiger partial charge in [0.05, 0.1) is 29.3 Å². The predicted molar refractivity (Wildman–Crippen MR) is 85.8 cm³/mol. The molecule has 1 aromatic heterocycles. The van der Waals surface area contributed by atoms with E-state index < -0.39 is 0 Å². The Bertz CT molecular complexity index is 666. The molecule has 0 N–H and O–H groups in total. The van der Waals surface area contributed by atoms with Gasteiger partial charge < -0.3 is 14.0 Å². The van der Waals surface area contributed by atoms with Gasteiger partial charge in [0.15, 0.2) is 0 Å². The summed E-state index contributed by atoms with van der Waals surface area (Å²) in [4.78, 5) is 12.2. The molecule has 0 aliphatic heterocycles. The molecule has 0 bridgehead atoms. The van der Waals surface area contributed by atoms with Gasteiger partial charge in [0.25, 0.3) is 0 Å². The van der Waals surface area contributed by atoms with E-state index in [4.69, 9.17) is 9.47 Å². The topological polar surface area (TPSA) is 40.5 Å². The van der Waals surface area contributed by atoms with Crippen LogP contribution in [0.5, 0.6) is 5.75 Å². The first-order chi connectivity index (χ1) is 9.54. The molecule has 2 aromatic rings. The molecule has 1 heterocycles. The van der Waals surface area contributed by atoms with E-state index in [1.165, 1.54) is 0 Å². The summed E-state index contributed by atoms with van der Waals surface area (Å²) in [5, 5.41) is 0.815. The number of carbonyl (C=O) groups excluding carboxylic acids is 1. The van der Waals surface area contributed by atoms with Crippen LogP contribution in [0.25, 0.3) is 10.9 Å². The molecule has 0 atom stereocenters. The Morgan fingerprint density at radius 1 is 1.45 bits per heavy atom. The van der Waals surface area contributed by atoms with Gasteiger partial charge in [-0.1, -0.05) is 0 Å². The molecule has 1 aromatic carbocycles. The molecule has 0 saturated carbocycles. The number of halogens is 1. The highest BCUT2D eigenvalue weighted by Crippen LogP contribution is 2.35. The summed E-state index contributed by atoms with van der Waals surface area (Å²) >= 11 is 7.79. The van der Waals surface area contributed by atoms with Crippen molar-refractivity contribution in [2.45, 2.75) is 12.7 Å². The first-order valence-electron chi connectivity index (χ1n) is 6.17. The molecule has 0 amide bonds. The van der Waals surface area contributed by atoms with Crippen molar-refractivity contribution in [2.75, 3.05) is 13.7 Å². The van der Waals surface area contributed by atoms with E-state index in [9.17, 15) is 4.79 Å². The van der Waals surface area contributed by atoms with Gasteiger partial charge in [-0.25, -0.2) is 4.79 Å². The second-order valence-electron chi connectivity index (χ2n) is 4.26. The molecule has 0 unspecified atom stereocenters. The van der Waals surface area contributed by atoms with Gasteiger partial charge in [0.2, 0.25) is 0 Å². The lowest BCUT2D eigenvalue weighted by atomic mass is 10.1. The third kappa shape index (κ3) is 2.42. The van der Waals surface area contributed by atoms with Crippen LogP contribution in [-0.4, -0.2) is 24.3 Å². The highest BCUT2D eigenvalue weighted by atomic mass is 79.9. The van der Waals surface area contributed by atoms with Crippen molar-refractivity contribution >= 4 is 45.4 Å². The number of aryl methyl sites for hydroxylation is 1. The van der Waals surface area contributed by atoms with E-state index in [0.717, 1.165) is 21.1 Å². The summed E-state index contributed by atoms with van der Waals surface area (Å²) < 4.78 is 13.3. The van der Waals surface area contributed by atoms with Crippen molar-refractivity contribution in [3.63, 3.8) is 0 Å². The third-order valence-electron chi connectivity index (χ3n) is 3.22. The summed E-state index contributed by atoms with van der Waals surface area (Å²) in [6.45, 7) is 2.13. The van der Waals surface area contributed by atoms with E-state index in [-0.39, 0.29) is 5.97 Å². The second-order valence-corrected chi connectivity index (χ2v) is 5.43. The Hall–Kier alpha value is -1.14. The molecular weight excluding hydrogens is 342 g/mol. The number of hydrogen-bond acceptors (Lipinski definition) is 4. The molecule has 0 saturated heterocycles. The van der Waals surface area contributed by atoms with Crippen molar-refractivity contribution in [2.24, 2.45) is 7.05 Å². The molecule has 2 rings (SSSR count). The van der Waals surface area contributed by atoms with Crippen molar-refractivity contribution in [3.8, 4) is 5.75 Å². The van der Waals surface area contributed by atoms with Gasteiger partial charge in [0, 0.05) is 23.9 Å². The van der Waals surface area contributed by atoms with Crippen LogP contribution < -0.4 is 4.74 Å². The van der Waals surface area contributed by atoms with Crippen LogP contribution in [0.4, 0.5) is 0 Å².